The largest absolute Gasteiger partial charge is 0.417 e. The lowest BCUT2D eigenvalue weighted by Crippen LogP contribution is -2.62. The molecule has 0 aromatic carbocycles. The number of ether oxygens (including phenoxy) is 1. The number of aliphatic hydroxyl groups is 2. The van der Waals surface area contributed by atoms with Gasteiger partial charge in [0.1, 0.15) is 17.6 Å². The molecule has 0 saturated carbocycles. The quantitative estimate of drug-likeness (QED) is 0.643. The number of nitrogens with one attached hydrogen (secondary N) is 1. The molecule has 3 N–H and O–H groups in total. The number of alkyl halides is 4. The summed E-state index contributed by atoms with van der Waals surface area (Å²) in [6.07, 6.45) is -14.0. The molecule has 0 spiro atoms. The van der Waals surface area contributed by atoms with Crippen molar-refractivity contribution in [3.05, 3.63) is 0 Å². The average molecular weight is 318 g/mol. The van der Waals surface area contributed by atoms with Gasteiger partial charge in [-0.05, 0) is 6.92 Å². The van der Waals surface area contributed by atoms with E-state index in [1.807, 2.05) is 0 Å². The minimum atomic E-state index is -4.99. The van der Waals surface area contributed by atoms with Gasteiger partial charge in [-0.3, -0.25) is 4.99 Å². The molecule has 6 atom stereocenters. The Morgan fingerprint density at radius 1 is 1.50 bits per heavy atom. The van der Waals surface area contributed by atoms with E-state index in [1.165, 1.54) is 0 Å². The summed E-state index contributed by atoms with van der Waals surface area (Å²) in [6.45, 7) is 2.17. The first kappa shape index (κ1) is 15.8. The fourth-order valence-corrected chi connectivity index (χ4v) is 3.25. The third kappa shape index (κ3) is 2.87. The molecule has 10 heteroatoms. The third-order valence-electron chi connectivity index (χ3n) is 3.06. The summed E-state index contributed by atoms with van der Waals surface area (Å²) in [6, 6.07) is -0.989. The van der Waals surface area contributed by atoms with E-state index in [2.05, 4.69) is 10.3 Å². The van der Waals surface area contributed by atoms with E-state index in [-0.39, 0.29) is 0 Å². The zero-order valence-electron chi connectivity index (χ0n) is 10.3. The molecule has 2 saturated heterocycles. The summed E-state index contributed by atoms with van der Waals surface area (Å²) in [4.78, 5) is 3.98. The van der Waals surface area contributed by atoms with E-state index < -0.39 is 42.1 Å². The molecule has 2 rings (SSSR count). The molecule has 0 radical (unpaired) electrons. The average Bonchev–Trinajstić information content (AvgIpc) is 2.75. The Balaban J connectivity index is 2.15. The molecule has 0 unspecified atom stereocenters. The van der Waals surface area contributed by atoms with Gasteiger partial charge in [0.05, 0.1) is 6.04 Å². The molecule has 0 aliphatic carbocycles. The van der Waals surface area contributed by atoms with Crippen LogP contribution in [0.15, 0.2) is 4.99 Å². The summed E-state index contributed by atoms with van der Waals surface area (Å²) in [5, 5.41) is 21.7. The van der Waals surface area contributed by atoms with Crippen LogP contribution >= 0.6 is 11.8 Å². The molecule has 2 aliphatic rings. The van der Waals surface area contributed by atoms with Crippen LogP contribution in [0.5, 0.6) is 0 Å². The Morgan fingerprint density at radius 2 is 2.15 bits per heavy atom. The van der Waals surface area contributed by atoms with Gasteiger partial charge in [-0.25, -0.2) is 4.39 Å². The molecule has 0 bridgehead atoms. The Hall–Kier alpha value is -0.580. The van der Waals surface area contributed by atoms with Crippen molar-refractivity contribution < 1.29 is 32.5 Å². The number of nitrogens with zero attached hydrogens (tertiary/aromatic N) is 1. The topological polar surface area (TPSA) is 74.1 Å². The summed E-state index contributed by atoms with van der Waals surface area (Å²) in [5.41, 5.74) is -0.972. The lowest BCUT2D eigenvalue weighted by Gasteiger charge is -2.39. The fourth-order valence-electron chi connectivity index (χ4n) is 2.07. The van der Waals surface area contributed by atoms with Crippen LogP contribution in [0.2, 0.25) is 0 Å². The van der Waals surface area contributed by atoms with Crippen molar-refractivity contribution in [3.8, 4) is 0 Å². The lowest BCUT2D eigenvalue weighted by molar-refractivity contribution is -0.267. The summed E-state index contributed by atoms with van der Waals surface area (Å²) in [5.74, 6) is 0. The SMILES string of the molecule is CCN=C1N[C@@H]2[C@@H](F)[C@H](O)[C@@H]([C@@H](O)C(F)(F)F)O[C@@H]2S1. The zero-order valence-corrected chi connectivity index (χ0v) is 11.2. The summed E-state index contributed by atoms with van der Waals surface area (Å²) >= 11 is 0.944. The maximum Gasteiger partial charge on any atom is 0.417 e. The molecule has 2 aliphatic heterocycles. The number of aliphatic imine (C=N–C) groups is 1. The van der Waals surface area contributed by atoms with E-state index in [0.29, 0.717) is 11.7 Å². The van der Waals surface area contributed by atoms with Crippen molar-refractivity contribution in [1.82, 2.24) is 5.32 Å². The van der Waals surface area contributed by atoms with Crippen LogP contribution in [-0.4, -0.2) is 64.1 Å². The van der Waals surface area contributed by atoms with Gasteiger partial charge >= 0.3 is 6.18 Å². The maximum atomic E-state index is 14.0. The second kappa shape index (κ2) is 5.66. The second-order valence-corrected chi connectivity index (χ2v) is 5.55. The summed E-state index contributed by atoms with van der Waals surface area (Å²) in [7, 11) is 0. The van der Waals surface area contributed by atoms with Crippen LogP contribution in [0.4, 0.5) is 17.6 Å². The van der Waals surface area contributed by atoms with E-state index >= 15 is 0 Å². The number of hydrogen-bond donors (Lipinski definition) is 3. The highest BCUT2D eigenvalue weighted by Gasteiger charge is 2.56. The Labute approximate surface area is 116 Å². The monoisotopic (exact) mass is 318 g/mol. The zero-order chi connectivity index (χ0) is 15.1. The maximum absolute atomic E-state index is 14.0. The molecule has 2 heterocycles. The van der Waals surface area contributed by atoms with E-state index in [1.54, 1.807) is 6.92 Å². The van der Waals surface area contributed by atoms with Crippen LogP contribution in [0.25, 0.3) is 0 Å². The van der Waals surface area contributed by atoms with Crippen LogP contribution in [0.1, 0.15) is 6.92 Å². The number of halogens is 4. The normalized spacial score (nSPS) is 41.4. The predicted octanol–water partition coefficient (Wildman–Crippen LogP) is 0.414. The van der Waals surface area contributed by atoms with Crippen molar-refractivity contribution in [2.45, 2.75) is 49.1 Å². The number of hydrogen-bond acceptors (Lipinski definition) is 5. The molecule has 0 aromatic rings. The molecule has 116 valence electrons. The van der Waals surface area contributed by atoms with Crippen molar-refractivity contribution >= 4 is 16.9 Å². The minimum absolute atomic E-state index is 0.347. The van der Waals surface area contributed by atoms with E-state index in [4.69, 9.17) is 9.84 Å². The highest BCUT2D eigenvalue weighted by molar-refractivity contribution is 8.14. The molecule has 0 aromatic heterocycles. The highest BCUT2D eigenvalue weighted by Crippen LogP contribution is 2.38. The highest BCUT2D eigenvalue weighted by atomic mass is 32.2. The Kier molecular flexibility index (Phi) is 4.47. The lowest BCUT2D eigenvalue weighted by atomic mass is 9.95. The van der Waals surface area contributed by atoms with Crippen molar-refractivity contribution in [2.75, 3.05) is 6.54 Å². The second-order valence-electron chi connectivity index (χ2n) is 4.46. The Bertz CT molecular complexity index is 395. The number of aliphatic hydroxyl groups excluding tert-OH is 2. The van der Waals surface area contributed by atoms with Gasteiger partial charge in [-0.2, -0.15) is 13.2 Å². The minimum Gasteiger partial charge on any atom is -0.387 e. The fraction of sp³-hybridized carbons (Fsp3) is 0.900. The number of fused-ring (bicyclic) bond motifs is 1. The van der Waals surface area contributed by atoms with Crippen molar-refractivity contribution in [3.63, 3.8) is 0 Å². The number of thioether (sulfide) groups is 1. The Morgan fingerprint density at radius 3 is 2.70 bits per heavy atom. The first-order valence-corrected chi connectivity index (χ1v) is 6.83. The van der Waals surface area contributed by atoms with Gasteiger partial charge in [-0.1, -0.05) is 11.8 Å². The first-order chi connectivity index (χ1) is 9.25. The summed E-state index contributed by atoms with van der Waals surface area (Å²) < 4.78 is 56.4. The van der Waals surface area contributed by atoms with Gasteiger partial charge in [-0.15, -0.1) is 0 Å². The van der Waals surface area contributed by atoms with Crippen molar-refractivity contribution in [2.24, 2.45) is 4.99 Å². The van der Waals surface area contributed by atoms with Gasteiger partial charge in [0.25, 0.3) is 0 Å². The van der Waals surface area contributed by atoms with Gasteiger partial charge in [0.2, 0.25) is 0 Å². The molecule has 2 fully saturated rings. The molecular formula is C10H14F4N2O3S. The molecule has 0 amide bonds. The van der Waals surface area contributed by atoms with Crippen LogP contribution in [0, 0.1) is 0 Å². The van der Waals surface area contributed by atoms with Crippen molar-refractivity contribution in [1.29, 1.82) is 0 Å². The number of rotatable bonds is 2. The van der Waals surface area contributed by atoms with Crippen LogP contribution in [0.3, 0.4) is 0 Å². The number of amidine groups is 1. The first-order valence-electron chi connectivity index (χ1n) is 5.95. The molecular weight excluding hydrogens is 304 g/mol. The standard InChI is InChI=1S/C10H14F4N2O3S/c1-2-15-9-16-4-3(11)5(17)6(19-8(4)20-9)7(18)10(12,13)14/h3-8,17-18H,2H2,1H3,(H,15,16)/t3-,4-,5+,6+,7-,8-/m1/s1. The van der Waals surface area contributed by atoms with Gasteiger partial charge in [0.15, 0.2) is 17.4 Å². The van der Waals surface area contributed by atoms with Crippen LogP contribution in [-0.2, 0) is 4.74 Å². The smallest absolute Gasteiger partial charge is 0.387 e. The predicted molar refractivity (Wildman–Crippen MR) is 64.1 cm³/mol. The van der Waals surface area contributed by atoms with Crippen LogP contribution < -0.4 is 5.32 Å². The van der Waals surface area contributed by atoms with E-state index in [9.17, 15) is 22.7 Å². The van der Waals surface area contributed by atoms with E-state index in [0.717, 1.165) is 11.8 Å². The van der Waals surface area contributed by atoms with Gasteiger partial charge in [0, 0.05) is 6.54 Å². The third-order valence-corrected chi connectivity index (χ3v) is 4.16. The molecule has 5 nitrogen and oxygen atoms in total. The molecule has 20 heavy (non-hydrogen) atoms. The van der Waals surface area contributed by atoms with Gasteiger partial charge < -0.3 is 20.3 Å².